The number of para-hydroxylation sites is 1. The van der Waals surface area contributed by atoms with Crippen molar-refractivity contribution < 1.29 is 9.53 Å². The normalized spacial score (nSPS) is 15.8. The third-order valence-corrected chi connectivity index (χ3v) is 5.70. The first kappa shape index (κ1) is 19.9. The summed E-state index contributed by atoms with van der Waals surface area (Å²) in [5.74, 6) is 1.85. The predicted octanol–water partition coefficient (Wildman–Crippen LogP) is 3.35. The molecule has 0 radical (unpaired) electrons. The van der Waals surface area contributed by atoms with Crippen LogP contribution >= 0.6 is 0 Å². The Morgan fingerprint density at radius 2 is 1.97 bits per heavy atom. The number of nitrogens with zero attached hydrogens (tertiary/aromatic N) is 6. The van der Waals surface area contributed by atoms with E-state index in [0.29, 0.717) is 35.2 Å². The van der Waals surface area contributed by atoms with Crippen molar-refractivity contribution in [3.05, 3.63) is 71.8 Å². The quantitative estimate of drug-likeness (QED) is 0.522. The molecule has 1 N–H and O–H groups in total. The number of hydrogen-bond donors (Lipinski definition) is 1. The molecule has 1 atom stereocenters. The van der Waals surface area contributed by atoms with E-state index >= 15 is 0 Å². The lowest BCUT2D eigenvalue weighted by molar-refractivity contribution is 0.0729. The maximum atomic E-state index is 13.6. The number of hydrogen-bond acceptors (Lipinski definition) is 6. The highest BCUT2D eigenvalue weighted by molar-refractivity contribution is 5.98. The van der Waals surface area contributed by atoms with Crippen LogP contribution in [0.25, 0.3) is 17.1 Å². The fraction of sp³-hybridized carbons (Fsp3) is 0.261. The third-order valence-electron chi connectivity index (χ3n) is 5.70. The summed E-state index contributed by atoms with van der Waals surface area (Å²) in [4.78, 5) is 21.7. The molecule has 1 saturated heterocycles. The largest absolute Gasteiger partial charge is 0.496 e. The molecule has 0 saturated carbocycles. The second kappa shape index (κ2) is 8.26. The Labute approximate surface area is 185 Å². The van der Waals surface area contributed by atoms with Gasteiger partial charge in [0.2, 0.25) is 0 Å². The summed E-state index contributed by atoms with van der Waals surface area (Å²) in [7, 11) is 1.62. The summed E-state index contributed by atoms with van der Waals surface area (Å²) in [5.41, 5.74) is 3.06. The molecule has 9 nitrogen and oxygen atoms in total. The van der Waals surface area contributed by atoms with E-state index in [9.17, 15) is 4.79 Å². The molecule has 32 heavy (non-hydrogen) atoms. The van der Waals surface area contributed by atoms with Crippen molar-refractivity contribution >= 4 is 5.91 Å². The van der Waals surface area contributed by atoms with Gasteiger partial charge in [0.25, 0.3) is 5.91 Å². The van der Waals surface area contributed by atoms with Crippen LogP contribution in [0.2, 0.25) is 0 Å². The lowest BCUT2D eigenvalue weighted by atomic mass is 10.1. The van der Waals surface area contributed by atoms with Gasteiger partial charge in [-0.3, -0.25) is 9.89 Å². The predicted molar refractivity (Wildman–Crippen MR) is 117 cm³/mol. The molecule has 3 heterocycles. The average Bonchev–Trinajstić information content (AvgIpc) is 3.59. The van der Waals surface area contributed by atoms with Gasteiger partial charge in [-0.1, -0.05) is 18.2 Å². The first-order valence-electron chi connectivity index (χ1n) is 10.5. The van der Waals surface area contributed by atoms with Crippen molar-refractivity contribution in [1.82, 2.24) is 35.1 Å². The lowest BCUT2D eigenvalue weighted by Crippen LogP contribution is -2.32. The van der Waals surface area contributed by atoms with Crippen molar-refractivity contribution in [2.45, 2.75) is 25.8 Å². The number of ether oxygens (including phenoxy) is 1. The van der Waals surface area contributed by atoms with Crippen molar-refractivity contribution in [2.24, 2.45) is 0 Å². The molecule has 162 valence electrons. The van der Waals surface area contributed by atoms with Crippen LogP contribution in [0, 0.1) is 6.92 Å². The van der Waals surface area contributed by atoms with Crippen molar-refractivity contribution in [3.63, 3.8) is 0 Å². The zero-order valence-electron chi connectivity index (χ0n) is 17.9. The van der Waals surface area contributed by atoms with Crippen molar-refractivity contribution in [3.8, 4) is 22.8 Å². The number of aryl methyl sites for hydroxylation is 1. The molecule has 9 heteroatoms. The fourth-order valence-corrected chi connectivity index (χ4v) is 4.15. The smallest absolute Gasteiger partial charge is 0.256 e. The van der Waals surface area contributed by atoms with Crippen LogP contribution in [-0.2, 0) is 0 Å². The van der Waals surface area contributed by atoms with Crippen LogP contribution in [0.1, 0.15) is 40.6 Å². The highest BCUT2D eigenvalue weighted by Crippen LogP contribution is 2.34. The van der Waals surface area contributed by atoms with Gasteiger partial charge in [-0.05, 0) is 49.6 Å². The molecule has 0 spiro atoms. The number of aromatic amines is 1. The molecule has 1 aliphatic heterocycles. The molecule has 0 bridgehead atoms. The van der Waals surface area contributed by atoms with Crippen LogP contribution in [0.15, 0.2) is 54.9 Å². The van der Waals surface area contributed by atoms with Crippen LogP contribution < -0.4 is 4.74 Å². The second-order valence-corrected chi connectivity index (χ2v) is 7.74. The lowest BCUT2D eigenvalue weighted by Gasteiger charge is -2.24. The minimum Gasteiger partial charge on any atom is -0.496 e. The first-order valence-corrected chi connectivity index (χ1v) is 10.5. The van der Waals surface area contributed by atoms with Crippen molar-refractivity contribution in [1.29, 1.82) is 0 Å². The molecule has 2 aromatic carbocycles. The number of aromatic nitrogens is 6. The average molecular weight is 429 g/mol. The highest BCUT2D eigenvalue weighted by Gasteiger charge is 2.34. The molecular weight excluding hydrogens is 406 g/mol. The van der Waals surface area contributed by atoms with E-state index in [1.165, 1.54) is 4.80 Å². The van der Waals surface area contributed by atoms with Crippen molar-refractivity contribution in [2.75, 3.05) is 13.7 Å². The number of likely N-dealkylation sites (tertiary alicyclic amines) is 1. The molecule has 1 unspecified atom stereocenters. The summed E-state index contributed by atoms with van der Waals surface area (Å²) in [5, 5.41) is 15.9. The SMILES string of the molecule is COc1ccccc1-c1n[nH]c(C2CCCN2C(=O)c2ccc(C)cc2-n2nccn2)n1. The minimum absolute atomic E-state index is 0.0740. The van der Waals surface area contributed by atoms with Gasteiger partial charge >= 0.3 is 0 Å². The summed E-state index contributed by atoms with van der Waals surface area (Å²) in [6, 6.07) is 13.1. The Hall–Kier alpha value is -4.01. The molecule has 4 aromatic rings. The molecular formula is C23H23N7O2. The van der Waals surface area contributed by atoms with Crippen LogP contribution in [-0.4, -0.2) is 54.6 Å². The second-order valence-electron chi connectivity index (χ2n) is 7.74. The maximum absolute atomic E-state index is 13.6. The fourth-order valence-electron chi connectivity index (χ4n) is 4.15. The Balaban J connectivity index is 1.47. The molecule has 0 aliphatic carbocycles. The number of benzene rings is 2. The molecule has 2 aromatic heterocycles. The van der Waals surface area contributed by atoms with E-state index in [2.05, 4.69) is 20.4 Å². The van der Waals surface area contributed by atoms with Gasteiger partial charge in [0.05, 0.1) is 42.4 Å². The van der Waals surface area contributed by atoms with Gasteiger partial charge in [-0.25, -0.2) is 4.98 Å². The van der Waals surface area contributed by atoms with Crippen LogP contribution in [0.5, 0.6) is 5.75 Å². The topological polar surface area (TPSA) is 102 Å². The van der Waals surface area contributed by atoms with E-state index in [1.54, 1.807) is 19.5 Å². The summed E-state index contributed by atoms with van der Waals surface area (Å²) in [6.45, 7) is 2.63. The van der Waals surface area contributed by atoms with E-state index < -0.39 is 0 Å². The van der Waals surface area contributed by atoms with Gasteiger partial charge in [0, 0.05) is 6.54 Å². The highest BCUT2D eigenvalue weighted by atomic mass is 16.5. The van der Waals surface area contributed by atoms with Gasteiger partial charge in [-0.15, -0.1) is 0 Å². The number of amides is 1. The summed E-state index contributed by atoms with van der Waals surface area (Å²) >= 11 is 0. The number of H-pyrrole nitrogens is 1. The molecule has 1 aliphatic rings. The monoisotopic (exact) mass is 429 g/mol. The zero-order chi connectivity index (χ0) is 22.1. The number of carbonyl (C=O) groups excluding carboxylic acids is 1. The minimum atomic E-state index is -0.182. The summed E-state index contributed by atoms with van der Waals surface area (Å²) < 4.78 is 5.44. The number of methoxy groups -OCH3 is 1. The third kappa shape index (κ3) is 3.51. The van der Waals surface area contributed by atoms with Gasteiger partial charge in [-0.2, -0.15) is 20.1 Å². The maximum Gasteiger partial charge on any atom is 0.256 e. The Bertz CT molecular complexity index is 1250. The number of carbonyl (C=O) groups is 1. The molecule has 5 rings (SSSR count). The van der Waals surface area contributed by atoms with Gasteiger partial charge in [0.15, 0.2) is 5.82 Å². The Kier molecular flexibility index (Phi) is 5.14. The zero-order valence-corrected chi connectivity index (χ0v) is 17.9. The van der Waals surface area contributed by atoms with E-state index in [1.807, 2.05) is 54.3 Å². The summed E-state index contributed by atoms with van der Waals surface area (Å²) in [6.07, 6.45) is 4.90. The Morgan fingerprint density at radius 3 is 2.78 bits per heavy atom. The van der Waals surface area contributed by atoms with E-state index in [0.717, 1.165) is 24.0 Å². The molecule has 1 amide bonds. The number of nitrogens with one attached hydrogen (secondary N) is 1. The van der Waals surface area contributed by atoms with E-state index in [-0.39, 0.29) is 11.9 Å². The Morgan fingerprint density at radius 1 is 1.16 bits per heavy atom. The van der Waals surface area contributed by atoms with Crippen LogP contribution in [0.4, 0.5) is 0 Å². The van der Waals surface area contributed by atoms with Gasteiger partial charge in [0.1, 0.15) is 11.6 Å². The molecule has 1 fully saturated rings. The van der Waals surface area contributed by atoms with E-state index in [4.69, 9.17) is 9.72 Å². The van der Waals surface area contributed by atoms with Crippen LogP contribution in [0.3, 0.4) is 0 Å². The first-order chi connectivity index (χ1) is 15.7. The van der Waals surface area contributed by atoms with Gasteiger partial charge < -0.3 is 9.64 Å². The number of rotatable bonds is 5. The standard InChI is InChI=1S/C23H23N7O2/c1-15-9-10-16(19(14-15)30-24-11-12-25-30)23(31)29-13-5-7-18(29)22-26-21(27-28-22)17-6-3-4-8-20(17)32-2/h3-4,6,8-12,14,18H,5,7,13H2,1-2H3,(H,26,27,28).